The van der Waals surface area contributed by atoms with Crippen molar-refractivity contribution in [2.75, 3.05) is 11.1 Å². The molecule has 0 heterocycles. The summed E-state index contributed by atoms with van der Waals surface area (Å²) in [4.78, 5) is 0. The third kappa shape index (κ3) is 5.58. The number of aliphatic hydroxyl groups excluding tert-OH is 2. The Bertz CT molecular complexity index is 605. The molecule has 5 N–H and O–H groups in total. The van der Waals surface area contributed by atoms with Crippen molar-refractivity contribution < 1.29 is 10.2 Å². The lowest BCUT2D eigenvalue weighted by atomic mass is 10.1. The molecule has 4 nitrogen and oxygen atoms in total. The number of nitrogen functional groups attached to an aromatic ring is 1. The van der Waals surface area contributed by atoms with E-state index in [1.165, 1.54) is 0 Å². The molecule has 0 amide bonds. The first kappa shape index (κ1) is 19.0. The van der Waals surface area contributed by atoms with E-state index in [0.717, 1.165) is 27.9 Å². The third-order valence-corrected chi connectivity index (χ3v) is 3.62. The molecule has 126 valence electrons. The Morgan fingerprint density at radius 1 is 0.913 bits per heavy atom. The van der Waals surface area contributed by atoms with Crippen molar-refractivity contribution in [3.8, 4) is 0 Å². The largest absolute Gasteiger partial charge is 0.398 e. The van der Waals surface area contributed by atoms with Gasteiger partial charge in [-0.3, -0.25) is 0 Å². The van der Waals surface area contributed by atoms with E-state index >= 15 is 0 Å². The molecule has 0 aliphatic heterocycles. The van der Waals surface area contributed by atoms with Crippen LogP contribution in [-0.2, 0) is 13.2 Å². The van der Waals surface area contributed by atoms with Crippen LogP contribution < -0.4 is 11.1 Å². The molecule has 2 rings (SSSR count). The van der Waals surface area contributed by atoms with E-state index in [-0.39, 0.29) is 13.2 Å². The quantitative estimate of drug-likeness (QED) is 0.652. The standard InChI is InChI=1S/C11H17NO.C8H11NO/c1-8(2)12-11-6-4-5-9(3)10(11)7-13;1-6-3-2-4-8(9)7(6)5-10/h4-6,8,12-13H,7H2,1-3H3;2-4,10H,5,9H2,1H3. The van der Waals surface area contributed by atoms with E-state index in [9.17, 15) is 5.11 Å². The Kier molecular flexibility index (Phi) is 7.59. The van der Waals surface area contributed by atoms with Crippen molar-refractivity contribution in [1.29, 1.82) is 0 Å². The topological polar surface area (TPSA) is 78.5 Å². The van der Waals surface area contributed by atoms with Crippen LogP contribution in [0.15, 0.2) is 36.4 Å². The molecular formula is C19H28N2O2. The van der Waals surface area contributed by atoms with Gasteiger partial charge >= 0.3 is 0 Å². The molecule has 0 spiro atoms. The minimum atomic E-state index is 0.0263. The second kappa shape index (κ2) is 9.18. The fraction of sp³-hybridized carbons (Fsp3) is 0.368. The van der Waals surface area contributed by atoms with Gasteiger partial charge in [0.1, 0.15) is 0 Å². The van der Waals surface area contributed by atoms with Gasteiger partial charge in [0, 0.05) is 28.5 Å². The molecule has 2 aromatic carbocycles. The number of hydrogen-bond donors (Lipinski definition) is 4. The van der Waals surface area contributed by atoms with Crippen molar-refractivity contribution in [1.82, 2.24) is 0 Å². The molecule has 0 saturated carbocycles. The Morgan fingerprint density at radius 3 is 1.87 bits per heavy atom. The summed E-state index contributed by atoms with van der Waals surface area (Å²) < 4.78 is 0. The Hall–Kier alpha value is -2.04. The maximum absolute atomic E-state index is 9.17. The van der Waals surface area contributed by atoms with Gasteiger partial charge in [-0.1, -0.05) is 24.3 Å². The van der Waals surface area contributed by atoms with Gasteiger partial charge in [0.25, 0.3) is 0 Å². The van der Waals surface area contributed by atoms with E-state index in [0.29, 0.717) is 11.7 Å². The summed E-state index contributed by atoms with van der Waals surface area (Å²) in [5, 5.41) is 21.3. The smallest absolute Gasteiger partial charge is 0.0704 e. The van der Waals surface area contributed by atoms with Crippen LogP contribution >= 0.6 is 0 Å². The maximum atomic E-state index is 9.17. The van der Waals surface area contributed by atoms with Crippen LogP contribution in [0.4, 0.5) is 11.4 Å². The van der Waals surface area contributed by atoms with Gasteiger partial charge in [-0.05, 0) is 51.0 Å². The van der Waals surface area contributed by atoms with Crippen LogP contribution in [0.2, 0.25) is 0 Å². The van der Waals surface area contributed by atoms with Gasteiger partial charge < -0.3 is 21.3 Å². The number of hydrogen-bond acceptors (Lipinski definition) is 4. The summed E-state index contributed by atoms with van der Waals surface area (Å²) in [5.74, 6) is 0. The average molecular weight is 316 g/mol. The summed E-state index contributed by atoms with van der Waals surface area (Å²) in [5.41, 5.74) is 11.3. The second-order valence-electron chi connectivity index (χ2n) is 5.86. The molecule has 0 aliphatic carbocycles. The van der Waals surface area contributed by atoms with Gasteiger partial charge in [-0.15, -0.1) is 0 Å². The molecule has 0 fully saturated rings. The van der Waals surface area contributed by atoms with Gasteiger partial charge in [0.2, 0.25) is 0 Å². The van der Waals surface area contributed by atoms with Gasteiger partial charge in [0.15, 0.2) is 0 Å². The number of nitrogens with one attached hydrogen (secondary N) is 1. The lowest BCUT2D eigenvalue weighted by molar-refractivity contribution is 0.281. The minimum absolute atomic E-state index is 0.0263. The molecule has 0 saturated heterocycles. The first-order valence-corrected chi connectivity index (χ1v) is 7.81. The highest BCUT2D eigenvalue weighted by Gasteiger charge is 2.04. The Labute approximate surface area is 139 Å². The van der Waals surface area contributed by atoms with Crippen molar-refractivity contribution in [2.24, 2.45) is 0 Å². The van der Waals surface area contributed by atoms with Crippen LogP contribution in [0.25, 0.3) is 0 Å². The molecule has 0 aliphatic rings. The van der Waals surface area contributed by atoms with Crippen LogP contribution in [0.1, 0.15) is 36.1 Å². The molecule has 0 unspecified atom stereocenters. The highest BCUT2D eigenvalue weighted by molar-refractivity contribution is 5.54. The number of benzene rings is 2. The number of anilines is 2. The summed E-state index contributed by atoms with van der Waals surface area (Å²) in [7, 11) is 0. The summed E-state index contributed by atoms with van der Waals surface area (Å²) in [6.45, 7) is 8.24. The normalized spacial score (nSPS) is 10.2. The SMILES string of the molecule is Cc1cccc(N)c1CO.Cc1cccc(NC(C)C)c1CO. The lowest BCUT2D eigenvalue weighted by Gasteiger charge is -2.15. The molecule has 4 heteroatoms. The molecule has 0 aromatic heterocycles. The van der Waals surface area contributed by atoms with E-state index in [1.54, 1.807) is 6.07 Å². The van der Waals surface area contributed by atoms with E-state index in [1.807, 2.05) is 44.2 Å². The summed E-state index contributed by atoms with van der Waals surface area (Å²) in [6.07, 6.45) is 0. The van der Waals surface area contributed by atoms with E-state index in [4.69, 9.17) is 10.8 Å². The highest BCUT2D eigenvalue weighted by atomic mass is 16.3. The number of aryl methyl sites for hydroxylation is 2. The zero-order chi connectivity index (χ0) is 17.4. The summed E-state index contributed by atoms with van der Waals surface area (Å²) in [6, 6.07) is 12.0. The number of rotatable bonds is 4. The molecule has 0 radical (unpaired) electrons. The lowest BCUT2D eigenvalue weighted by Crippen LogP contribution is -2.12. The van der Waals surface area contributed by atoms with Gasteiger partial charge in [-0.2, -0.15) is 0 Å². The maximum Gasteiger partial charge on any atom is 0.0704 e. The predicted molar refractivity (Wildman–Crippen MR) is 97.4 cm³/mol. The van der Waals surface area contributed by atoms with Crippen molar-refractivity contribution >= 4 is 11.4 Å². The summed E-state index contributed by atoms with van der Waals surface area (Å²) >= 11 is 0. The van der Waals surface area contributed by atoms with Crippen LogP contribution in [-0.4, -0.2) is 16.3 Å². The fourth-order valence-corrected chi connectivity index (χ4v) is 2.30. The van der Waals surface area contributed by atoms with Crippen molar-refractivity contribution in [3.63, 3.8) is 0 Å². The zero-order valence-electron chi connectivity index (χ0n) is 14.4. The van der Waals surface area contributed by atoms with Gasteiger partial charge in [0.05, 0.1) is 13.2 Å². The van der Waals surface area contributed by atoms with Crippen LogP contribution in [0.3, 0.4) is 0 Å². The van der Waals surface area contributed by atoms with Crippen molar-refractivity contribution in [3.05, 3.63) is 58.7 Å². The number of aliphatic hydroxyl groups is 2. The van der Waals surface area contributed by atoms with Crippen LogP contribution in [0, 0.1) is 13.8 Å². The van der Waals surface area contributed by atoms with Crippen molar-refractivity contribution in [2.45, 2.75) is 47.0 Å². The molecular weight excluding hydrogens is 288 g/mol. The molecule has 0 bridgehead atoms. The third-order valence-electron chi connectivity index (χ3n) is 3.62. The van der Waals surface area contributed by atoms with E-state index in [2.05, 4.69) is 19.2 Å². The Morgan fingerprint density at radius 2 is 1.43 bits per heavy atom. The Balaban J connectivity index is 0.000000238. The van der Waals surface area contributed by atoms with Crippen LogP contribution in [0.5, 0.6) is 0 Å². The average Bonchev–Trinajstić information content (AvgIpc) is 2.48. The fourth-order valence-electron chi connectivity index (χ4n) is 2.30. The van der Waals surface area contributed by atoms with E-state index < -0.39 is 0 Å². The molecule has 23 heavy (non-hydrogen) atoms. The highest BCUT2D eigenvalue weighted by Crippen LogP contribution is 2.20. The zero-order valence-corrected chi connectivity index (χ0v) is 14.4. The second-order valence-corrected chi connectivity index (χ2v) is 5.86. The predicted octanol–water partition coefficient (Wildman–Crippen LogP) is 3.38. The number of nitrogens with two attached hydrogens (primary N) is 1. The minimum Gasteiger partial charge on any atom is -0.398 e. The first-order chi connectivity index (χ1) is 10.9. The monoisotopic (exact) mass is 316 g/mol. The molecule has 0 atom stereocenters. The first-order valence-electron chi connectivity index (χ1n) is 7.81. The van der Waals surface area contributed by atoms with Gasteiger partial charge in [-0.25, -0.2) is 0 Å². The molecule has 2 aromatic rings.